The van der Waals surface area contributed by atoms with Crippen LogP contribution in [0.4, 0.5) is 0 Å². The summed E-state index contributed by atoms with van der Waals surface area (Å²) >= 11 is 0. The Morgan fingerprint density at radius 1 is 1.00 bits per heavy atom. The predicted octanol–water partition coefficient (Wildman–Crippen LogP) is 3.83. The topological polar surface area (TPSA) is 51.1 Å². The molecule has 2 heterocycles. The molecule has 1 amide bonds. The molecule has 0 bridgehead atoms. The zero-order valence-electron chi connectivity index (χ0n) is 15.3. The van der Waals surface area contributed by atoms with E-state index in [1.54, 1.807) is 0 Å². The van der Waals surface area contributed by atoms with Crippen molar-refractivity contribution in [1.82, 2.24) is 9.88 Å². The van der Waals surface area contributed by atoms with E-state index < -0.39 is 0 Å². The van der Waals surface area contributed by atoms with E-state index in [2.05, 4.69) is 5.32 Å². The van der Waals surface area contributed by atoms with Gasteiger partial charge in [-0.1, -0.05) is 54.6 Å². The van der Waals surface area contributed by atoms with Gasteiger partial charge in [-0.3, -0.25) is 9.59 Å². The van der Waals surface area contributed by atoms with Gasteiger partial charge in [0.15, 0.2) is 0 Å². The van der Waals surface area contributed by atoms with Crippen molar-refractivity contribution in [2.75, 3.05) is 0 Å². The van der Waals surface area contributed by atoms with Gasteiger partial charge < -0.3 is 9.88 Å². The van der Waals surface area contributed by atoms with Crippen molar-refractivity contribution in [3.63, 3.8) is 0 Å². The number of rotatable bonds is 5. The Labute approximate surface area is 158 Å². The summed E-state index contributed by atoms with van der Waals surface area (Å²) in [5.41, 5.74) is 4.55. The van der Waals surface area contributed by atoms with Gasteiger partial charge in [0.05, 0.1) is 11.6 Å². The first-order chi connectivity index (χ1) is 13.1. The number of fused-ring (bicyclic) bond motifs is 1. The number of amides is 1. The maximum absolute atomic E-state index is 12.8. The lowest BCUT2D eigenvalue weighted by Gasteiger charge is -2.12. The summed E-state index contributed by atoms with van der Waals surface area (Å²) in [5, 5.41) is 3.06. The molecule has 0 saturated carbocycles. The maximum Gasteiger partial charge on any atom is 0.229 e. The van der Waals surface area contributed by atoms with Crippen LogP contribution in [0.25, 0.3) is 0 Å². The molecule has 0 aliphatic carbocycles. The van der Waals surface area contributed by atoms with Crippen molar-refractivity contribution in [3.8, 4) is 0 Å². The molecule has 4 nitrogen and oxygen atoms in total. The van der Waals surface area contributed by atoms with Gasteiger partial charge in [0.1, 0.15) is 0 Å². The fourth-order valence-corrected chi connectivity index (χ4v) is 3.76. The fraction of sp³-hybridized carbons (Fsp3) is 0.217. The Balaban J connectivity index is 1.49. The van der Waals surface area contributed by atoms with Gasteiger partial charge in [0.25, 0.3) is 0 Å². The molecule has 1 aliphatic rings. The van der Waals surface area contributed by atoms with E-state index in [0.29, 0.717) is 24.3 Å². The van der Waals surface area contributed by atoms with Gasteiger partial charge in [-0.05, 0) is 36.6 Å². The third-order valence-corrected chi connectivity index (χ3v) is 5.31. The minimum absolute atomic E-state index is 0.00261. The quantitative estimate of drug-likeness (QED) is 0.705. The maximum atomic E-state index is 12.8. The number of aryl methyl sites for hydroxylation is 1. The van der Waals surface area contributed by atoms with Crippen LogP contribution in [-0.2, 0) is 17.9 Å². The molecule has 0 unspecified atom stereocenters. The summed E-state index contributed by atoms with van der Waals surface area (Å²) in [5.74, 6) is -0.178. The van der Waals surface area contributed by atoms with Crippen molar-refractivity contribution >= 4 is 11.7 Å². The molecule has 1 aromatic heterocycles. The van der Waals surface area contributed by atoms with Gasteiger partial charge in [-0.2, -0.15) is 0 Å². The van der Waals surface area contributed by atoms with Crippen LogP contribution in [0.15, 0.2) is 66.7 Å². The monoisotopic (exact) mass is 358 g/mol. The lowest BCUT2D eigenvalue weighted by Crippen LogP contribution is -2.28. The molecule has 0 radical (unpaired) electrons. The molecule has 0 spiro atoms. The lowest BCUT2D eigenvalue weighted by molar-refractivity contribution is -0.122. The summed E-state index contributed by atoms with van der Waals surface area (Å²) in [6.45, 7) is 3.26. The summed E-state index contributed by atoms with van der Waals surface area (Å²) < 4.78 is 1.99. The van der Waals surface area contributed by atoms with E-state index in [0.717, 1.165) is 17.7 Å². The van der Waals surface area contributed by atoms with Crippen LogP contribution in [0.2, 0.25) is 0 Å². The molecule has 0 saturated heterocycles. The Bertz CT molecular complexity index is 989. The highest BCUT2D eigenvalue weighted by atomic mass is 16.2. The normalized spacial score (nSPS) is 15.4. The fourth-order valence-electron chi connectivity index (χ4n) is 3.76. The number of carbonyl (C=O) groups is 2. The average Bonchev–Trinajstić information content (AvgIpc) is 3.29. The number of hydrogen-bond acceptors (Lipinski definition) is 2. The van der Waals surface area contributed by atoms with Crippen molar-refractivity contribution in [2.24, 2.45) is 0 Å². The lowest BCUT2D eigenvalue weighted by atomic mass is 10.0. The van der Waals surface area contributed by atoms with Crippen LogP contribution in [0.3, 0.4) is 0 Å². The molecule has 1 atom stereocenters. The highest BCUT2D eigenvalue weighted by Crippen LogP contribution is 2.31. The molecule has 27 heavy (non-hydrogen) atoms. The molecular weight excluding hydrogens is 336 g/mol. The zero-order chi connectivity index (χ0) is 18.8. The number of aromatic nitrogens is 1. The first-order valence-electron chi connectivity index (χ1n) is 9.26. The Kier molecular flexibility index (Phi) is 4.63. The molecule has 4 rings (SSSR count). The first kappa shape index (κ1) is 17.3. The Hall–Kier alpha value is -3.14. The standard InChI is InChI=1S/C23H22N2O2/c1-16-7-5-6-10-18(16)15-24-23(27)19-13-14-25-20(19)11-12-21(25)22(26)17-8-3-2-4-9-17/h2-12,19H,13-15H2,1H3,(H,24,27)/t19-/m0/s1. The van der Waals surface area contributed by atoms with Crippen molar-refractivity contribution < 1.29 is 9.59 Å². The van der Waals surface area contributed by atoms with Gasteiger partial charge in [-0.25, -0.2) is 0 Å². The van der Waals surface area contributed by atoms with E-state index in [9.17, 15) is 9.59 Å². The number of hydrogen-bond donors (Lipinski definition) is 1. The third-order valence-electron chi connectivity index (χ3n) is 5.31. The second-order valence-corrected chi connectivity index (χ2v) is 6.98. The molecule has 136 valence electrons. The van der Waals surface area contributed by atoms with Gasteiger partial charge in [0.2, 0.25) is 11.7 Å². The van der Waals surface area contributed by atoms with Crippen LogP contribution in [0.1, 0.15) is 45.2 Å². The number of nitrogens with zero attached hydrogens (tertiary/aromatic N) is 1. The molecule has 2 aromatic carbocycles. The van der Waals surface area contributed by atoms with Gasteiger partial charge >= 0.3 is 0 Å². The van der Waals surface area contributed by atoms with Crippen LogP contribution in [0.5, 0.6) is 0 Å². The van der Waals surface area contributed by atoms with Crippen LogP contribution < -0.4 is 5.32 Å². The van der Waals surface area contributed by atoms with Gasteiger partial charge in [0, 0.05) is 24.3 Å². The number of nitrogens with one attached hydrogen (secondary N) is 1. The first-order valence-corrected chi connectivity index (χ1v) is 9.26. The summed E-state index contributed by atoms with van der Waals surface area (Å²) in [7, 11) is 0. The van der Waals surface area contributed by atoms with E-state index in [1.807, 2.05) is 78.2 Å². The van der Waals surface area contributed by atoms with E-state index in [-0.39, 0.29) is 17.6 Å². The number of benzene rings is 2. The Morgan fingerprint density at radius 3 is 2.52 bits per heavy atom. The predicted molar refractivity (Wildman–Crippen MR) is 105 cm³/mol. The Morgan fingerprint density at radius 2 is 1.74 bits per heavy atom. The summed E-state index contributed by atoms with van der Waals surface area (Å²) in [6, 6.07) is 21.1. The molecular formula is C23H22N2O2. The van der Waals surface area contributed by atoms with E-state index >= 15 is 0 Å². The smallest absolute Gasteiger partial charge is 0.229 e. The summed E-state index contributed by atoms with van der Waals surface area (Å²) in [4.78, 5) is 25.5. The average molecular weight is 358 g/mol. The number of ketones is 1. The molecule has 1 N–H and O–H groups in total. The summed E-state index contributed by atoms with van der Waals surface area (Å²) in [6.07, 6.45) is 0.727. The van der Waals surface area contributed by atoms with E-state index in [1.165, 1.54) is 5.56 Å². The molecule has 3 aromatic rings. The highest BCUT2D eigenvalue weighted by molar-refractivity contribution is 6.08. The second-order valence-electron chi connectivity index (χ2n) is 6.98. The van der Waals surface area contributed by atoms with Crippen molar-refractivity contribution in [3.05, 3.63) is 94.8 Å². The highest BCUT2D eigenvalue weighted by Gasteiger charge is 2.31. The van der Waals surface area contributed by atoms with Crippen LogP contribution in [0, 0.1) is 6.92 Å². The SMILES string of the molecule is Cc1ccccc1CNC(=O)[C@H]1CCn2c(C(=O)c3ccccc3)ccc21. The van der Waals surface area contributed by atoms with Gasteiger partial charge in [-0.15, -0.1) is 0 Å². The second kappa shape index (κ2) is 7.23. The molecule has 4 heteroatoms. The van der Waals surface area contributed by atoms with Crippen LogP contribution >= 0.6 is 0 Å². The molecule has 1 aliphatic heterocycles. The van der Waals surface area contributed by atoms with Crippen LogP contribution in [-0.4, -0.2) is 16.3 Å². The van der Waals surface area contributed by atoms with Crippen molar-refractivity contribution in [2.45, 2.75) is 32.4 Å². The largest absolute Gasteiger partial charge is 0.351 e. The molecule has 0 fully saturated rings. The zero-order valence-corrected chi connectivity index (χ0v) is 15.3. The third kappa shape index (κ3) is 3.31. The minimum Gasteiger partial charge on any atom is -0.351 e. The van der Waals surface area contributed by atoms with E-state index in [4.69, 9.17) is 0 Å². The van der Waals surface area contributed by atoms with Crippen molar-refractivity contribution in [1.29, 1.82) is 0 Å². The minimum atomic E-state index is -0.202. The number of carbonyl (C=O) groups excluding carboxylic acids is 2.